The van der Waals surface area contributed by atoms with E-state index in [1.54, 1.807) is 18.3 Å². The maximum Gasteiger partial charge on any atom is 0.229 e. The van der Waals surface area contributed by atoms with Gasteiger partial charge < -0.3 is 24.7 Å². The molecule has 4 aromatic rings. The lowest BCUT2D eigenvalue weighted by molar-refractivity contribution is 0.000132. The highest BCUT2D eigenvalue weighted by Gasteiger charge is 2.16. The van der Waals surface area contributed by atoms with E-state index >= 15 is 0 Å². The Morgan fingerprint density at radius 1 is 1.20 bits per heavy atom. The molecule has 0 saturated carbocycles. The number of halogens is 1. The largest absolute Gasteiger partial charge is 0.489 e. The molecule has 1 aromatic carbocycles. The molecular weight excluding hydrogens is 449 g/mol. The fraction of sp³-hybridized carbons (Fsp3) is 0.360. The van der Waals surface area contributed by atoms with Crippen molar-refractivity contribution in [2.45, 2.75) is 32.9 Å². The number of rotatable bonds is 7. The van der Waals surface area contributed by atoms with Crippen LogP contribution in [0.15, 0.2) is 42.7 Å². The summed E-state index contributed by atoms with van der Waals surface area (Å²) in [4.78, 5) is 17.5. The molecule has 2 N–H and O–H groups in total. The van der Waals surface area contributed by atoms with Crippen LogP contribution in [0.1, 0.15) is 25.7 Å². The van der Waals surface area contributed by atoms with Crippen molar-refractivity contribution in [2.75, 3.05) is 31.6 Å². The number of aromatic nitrogens is 5. The highest BCUT2D eigenvalue weighted by Crippen LogP contribution is 2.28. The van der Waals surface area contributed by atoms with Gasteiger partial charge in [0.15, 0.2) is 5.82 Å². The summed E-state index contributed by atoms with van der Waals surface area (Å²) in [6.07, 6.45) is 2.80. The van der Waals surface area contributed by atoms with Crippen molar-refractivity contribution in [3.05, 3.63) is 54.4 Å². The zero-order valence-corrected chi connectivity index (χ0v) is 20.0. The van der Waals surface area contributed by atoms with Crippen molar-refractivity contribution < 1.29 is 13.9 Å². The number of morpholine rings is 1. The molecule has 0 spiro atoms. The van der Waals surface area contributed by atoms with Crippen molar-refractivity contribution >= 4 is 22.8 Å². The number of aryl methyl sites for hydroxylation is 1. The summed E-state index contributed by atoms with van der Waals surface area (Å²) in [5.41, 5.74) is 2.66. The molecule has 182 valence electrons. The number of hydrogen-bond acceptors (Lipinski definition) is 8. The summed E-state index contributed by atoms with van der Waals surface area (Å²) < 4.78 is 28.2. The lowest BCUT2D eigenvalue weighted by Gasteiger charge is -2.23. The molecule has 0 bridgehead atoms. The average molecular weight is 478 g/mol. The number of pyridine rings is 1. The van der Waals surface area contributed by atoms with Crippen LogP contribution >= 0.6 is 0 Å². The fourth-order valence-corrected chi connectivity index (χ4v) is 4.21. The van der Waals surface area contributed by atoms with Crippen molar-refractivity contribution in [2.24, 2.45) is 0 Å². The van der Waals surface area contributed by atoms with Gasteiger partial charge in [0.2, 0.25) is 5.95 Å². The molecule has 1 fully saturated rings. The normalized spacial score (nSPS) is 16.1. The predicted molar refractivity (Wildman–Crippen MR) is 131 cm³/mol. The number of benzene rings is 1. The minimum absolute atomic E-state index is 0.0231. The molecule has 1 unspecified atom stereocenters. The van der Waals surface area contributed by atoms with Crippen LogP contribution in [0, 0.1) is 12.7 Å². The van der Waals surface area contributed by atoms with Crippen LogP contribution in [0.25, 0.3) is 22.3 Å². The van der Waals surface area contributed by atoms with Gasteiger partial charge in [0.1, 0.15) is 35.8 Å². The first-order valence-corrected chi connectivity index (χ1v) is 11.7. The number of hydrogen-bond donors (Lipinski definition) is 2. The SMILES string of the molecule is Cc1nc2ccc(-c3nc(Nc4ccc(OCC5CNCCO5)cn4)ncc3F)cc2n1C(C)C. The fourth-order valence-electron chi connectivity index (χ4n) is 4.21. The summed E-state index contributed by atoms with van der Waals surface area (Å²) in [7, 11) is 0. The van der Waals surface area contributed by atoms with E-state index in [1.807, 2.05) is 25.1 Å². The van der Waals surface area contributed by atoms with Crippen LogP contribution in [0.5, 0.6) is 5.75 Å². The van der Waals surface area contributed by atoms with Crippen LogP contribution in [0.4, 0.5) is 16.2 Å². The number of ether oxygens (including phenoxy) is 2. The number of nitrogens with one attached hydrogen (secondary N) is 2. The summed E-state index contributed by atoms with van der Waals surface area (Å²) in [6.45, 7) is 8.93. The van der Waals surface area contributed by atoms with E-state index in [9.17, 15) is 4.39 Å². The van der Waals surface area contributed by atoms with Gasteiger partial charge in [0.05, 0.1) is 30.0 Å². The Morgan fingerprint density at radius 3 is 2.83 bits per heavy atom. The van der Waals surface area contributed by atoms with Crippen LogP contribution in [0.2, 0.25) is 0 Å². The van der Waals surface area contributed by atoms with Gasteiger partial charge >= 0.3 is 0 Å². The minimum Gasteiger partial charge on any atom is -0.489 e. The Hall–Kier alpha value is -3.63. The maximum atomic E-state index is 14.7. The van der Waals surface area contributed by atoms with Crippen LogP contribution in [-0.4, -0.2) is 56.9 Å². The minimum atomic E-state index is -0.502. The molecule has 0 radical (unpaired) electrons. The Balaban J connectivity index is 1.33. The smallest absolute Gasteiger partial charge is 0.229 e. The Bertz CT molecular complexity index is 1320. The Morgan fingerprint density at radius 2 is 2.09 bits per heavy atom. The first-order valence-electron chi connectivity index (χ1n) is 11.7. The Labute approximate surface area is 202 Å². The number of nitrogens with zero attached hydrogens (tertiary/aromatic N) is 5. The highest BCUT2D eigenvalue weighted by atomic mass is 19.1. The zero-order chi connectivity index (χ0) is 24.4. The first-order chi connectivity index (χ1) is 17.0. The first kappa shape index (κ1) is 23.1. The zero-order valence-electron chi connectivity index (χ0n) is 20.0. The summed E-state index contributed by atoms with van der Waals surface area (Å²) >= 11 is 0. The van der Waals surface area contributed by atoms with E-state index < -0.39 is 5.82 Å². The van der Waals surface area contributed by atoms with Gasteiger partial charge in [0.25, 0.3) is 0 Å². The molecule has 10 heteroatoms. The molecule has 35 heavy (non-hydrogen) atoms. The molecule has 5 rings (SSSR count). The second-order valence-electron chi connectivity index (χ2n) is 8.73. The average Bonchev–Trinajstić information content (AvgIpc) is 3.20. The molecule has 1 aliphatic heterocycles. The lowest BCUT2D eigenvalue weighted by Crippen LogP contribution is -2.41. The van der Waals surface area contributed by atoms with E-state index in [4.69, 9.17) is 9.47 Å². The Kier molecular flexibility index (Phi) is 6.56. The van der Waals surface area contributed by atoms with Crippen molar-refractivity contribution in [1.29, 1.82) is 0 Å². The van der Waals surface area contributed by atoms with Gasteiger partial charge in [-0.05, 0) is 45.0 Å². The second-order valence-corrected chi connectivity index (χ2v) is 8.73. The van der Waals surface area contributed by atoms with E-state index in [2.05, 4.69) is 49.0 Å². The second kappa shape index (κ2) is 9.93. The number of imidazole rings is 1. The summed E-state index contributed by atoms with van der Waals surface area (Å²) in [6, 6.07) is 9.43. The maximum absolute atomic E-state index is 14.7. The van der Waals surface area contributed by atoms with E-state index in [0.29, 0.717) is 30.3 Å². The van der Waals surface area contributed by atoms with Gasteiger partial charge in [-0.3, -0.25) is 0 Å². The van der Waals surface area contributed by atoms with Crippen molar-refractivity contribution in [3.8, 4) is 17.0 Å². The molecule has 0 amide bonds. The number of fused-ring (bicyclic) bond motifs is 1. The molecule has 1 saturated heterocycles. The molecule has 4 heterocycles. The van der Waals surface area contributed by atoms with E-state index in [-0.39, 0.29) is 23.8 Å². The molecule has 1 atom stereocenters. The third-order valence-corrected chi connectivity index (χ3v) is 5.82. The molecule has 9 nitrogen and oxygen atoms in total. The van der Waals surface area contributed by atoms with E-state index in [0.717, 1.165) is 36.1 Å². The molecule has 0 aliphatic carbocycles. The topological polar surface area (TPSA) is 99.0 Å². The number of anilines is 2. The molecule has 3 aromatic heterocycles. The van der Waals surface area contributed by atoms with Gasteiger partial charge in [0, 0.05) is 24.7 Å². The molecule has 1 aliphatic rings. The van der Waals surface area contributed by atoms with Crippen molar-refractivity contribution in [1.82, 2.24) is 29.8 Å². The summed E-state index contributed by atoms with van der Waals surface area (Å²) in [5, 5.41) is 6.31. The summed E-state index contributed by atoms with van der Waals surface area (Å²) in [5.74, 6) is 1.82. The highest BCUT2D eigenvalue weighted by molar-refractivity contribution is 5.82. The van der Waals surface area contributed by atoms with Gasteiger partial charge in [-0.1, -0.05) is 6.07 Å². The van der Waals surface area contributed by atoms with Crippen LogP contribution < -0.4 is 15.4 Å². The van der Waals surface area contributed by atoms with Crippen LogP contribution in [0.3, 0.4) is 0 Å². The van der Waals surface area contributed by atoms with Crippen LogP contribution in [-0.2, 0) is 4.74 Å². The predicted octanol–water partition coefficient (Wildman–Crippen LogP) is 4.03. The van der Waals surface area contributed by atoms with Crippen molar-refractivity contribution in [3.63, 3.8) is 0 Å². The van der Waals surface area contributed by atoms with E-state index in [1.165, 1.54) is 0 Å². The monoisotopic (exact) mass is 477 g/mol. The third-order valence-electron chi connectivity index (χ3n) is 5.82. The quantitative estimate of drug-likeness (QED) is 0.412. The van der Waals surface area contributed by atoms with Gasteiger partial charge in [-0.15, -0.1) is 0 Å². The molecular formula is C25H28FN7O2. The third kappa shape index (κ3) is 5.08. The standard InChI is InChI=1S/C25H28FN7O2/c1-15(2)33-16(3)30-21-6-4-17(10-22(21)33)24-20(26)13-29-25(32-24)31-23-7-5-18(12-28-23)35-14-19-11-27-8-9-34-19/h4-7,10,12-13,15,19,27H,8-9,11,14H2,1-3H3,(H,28,29,31,32). The van der Waals surface area contributed by atoms with Gasteiger partial charge in [-0.25, -0.2) is 24.3 Å². The van der Waals surface area contributed by atoms with Gasteiger partial charge in [-0.2, -0.15) is 0 Å². The lowest BCUT2D eigenvalue weighted by atomic mass is 10.1.